The molecule has 5 heteroatoms. The Morgan fingerprint density at radius 3 is 2.17 bits per heavy atom. The number of anilines is 1. The third-order valence-corrected chi connectivity index (χ3v) is 5.54. The number of rotatable bonds is 3. The van der Waals surface area contributed by atoms with Crippen LogP contribution in [0.3, 0.4) is 0 Å². The molecule has 2 saturated heterocycles. The maximum absolute atomic E-state index is 4.51. The standard InChI is InChI=1S/C19H33N5/c1-16-13-21-18(14-20-16)23-11-9-22(10-12-23)15-17-5-7-24(8-6-17)19(2,3)4/h13-14,17H,5-12,15H2,1-4H3. The van der Waals surface area contributed by atoms with Crippen molar-refractivity contribution in [1.82, 2.24) is 19.8 Å². The van der Waals surface area contributed by atoms with Crippen LogP contribution in [-0.4, -0.2) is 71.1 Å². The molecule has 1 aromatic heterocycles. The van der Waals surface area contributed by atoms with Crippen LogP contribution in [0.15, 0.2) is 12.4 Å². The van der Waals surface area contributed by atoms with E-state index >= 15 is 0 Å². The Kier molecular flexibility index (Phi) is 5.40. The first kappa shape index (κ1) is 17.6. The van der Waals surface area contributed by atoms with Gasteiger partial charge >= 0.3 is 0 Å². The monoisotopic (exact) mass is 331 g/mol. The second-order valence-electron chi connectivity index (χ2n) is 8.40. The van der Waals surface area contributed by atoms with E-state index in [9.17, 15) is 0 Å². The molecule has 1 aromatic rings. The lowest BCUT2D eigenvalue weighted by Gasteiger charge is -2.43. The fraction of sp³-hybridized carbons (Fsp3) is 0.789. The molecule has 0 amide bonds. The van der Waals surface area contributed by atoms with Crippen LogP contribution in [-0.2, 0) is 0 Å². The van der Waals surface area contributed by atoms with Gasteiger partial charge in [-0.25, -0.2) is 4.98 Å². The Balaban J connectivity index is 1.42. The number of piperidine rings is 1. The smallest absolute Gasteiger partial charge is 0.147 e. The van der Waals surface area contributed by atoms with Crippen molar-refractivity contribution in [2.75, 3.05) is 50.7 Å². The van der Waals surface area contributed by atoms with Crippen LogP contribution in [0, 0.1) is 12.8 Å². The Hall–Kier alpha value is -1.20. The molecule has 24 heavy (non-hydrogen) atoms. The van der Waals surface area contributed by atoms with E-state index in [2.05, 4.69) is 45.4 Å². The topological polar surface area (TPSA) is 35.5 Å². The summed E-state index contributed by atoms with van der Waals surface area (Å²) in [5, 5.41) is 0. The van der Waals surface area contributed by atoms with E-state index in [1.54, 1.807) is 0 Å². The van der Waals surface area contributed by atoms with Gasteiger partial charge in [-0.3, -0.25) is 14.8 Å². The third-order valence-electron chi connectivity index (χ3n) is 5.54. The van der Waals surface area contributed by atoms with Gasteiger partial charge in [0.2, 0.25) is 0 Å². The minimum absolute atomic E-state index is 0.325. The summed E-state index contributed by atoms with van der Waals surface area (Å²) in [4.78, 5) is 16.5. The van der Waals surface area contributed by atoms with Gasteiger partial charge in [0.1, 0.15) is 5.82 Å². The van der Waals surface area contributed by atoms with Crippen LogP contribution < -0.4 is 4.90 Å². The second kappa shape index (κ2) is 7.36. The van der Waals surface area contributed by atoms with Crippen molar-refractivity contribution in [2.45, 2.75) is 46.1 Å². The predicted octanol–water partition coefficient (Wildman–Crippen LogP) is 2.42. The second-order valence-corrected chi connectivity index (χ2v) is 8.40. The van der Waals surface area contributed by atoms with Crippen molar-refractivity contribution in [3.05, 3.63) is 18.1 Å². The lowest BCUT2D eigenvalue weighted by atomic mass is 9.92. The number of hydrogen-bond donors (Lipinski definition) is 0. The van der Waals surface area contributed by atoms with Crippen LogP contribution in [0.25, 0.3) is 0 Å². The summed E-state index contributed by atoms with van der Waals surface area (Å²) in [5.41, 5.74) is 1.31. The fourth-order valence-corrected chi connectivity index (χ4v) is 3.86. The van der Waals surface area contributed by atoms with Crippen molar-refractivity contribution in [3.63, 3.8) is 0 Å². The van der Waals surface area contributed by atoms with Crippen LogP contribution in [0.5, 0.6) is 0 Å². The molecule has 0 atom stereocenters. The molecular weight excluding hydrogens is 298 g/mol. The Labute approximate surface area is 147 Å². The molecule has 0 spiro atoms. The van der Waals surface area contributed by atoms with Crippen LogP contribution >= 0.6 is 0 Å². The van der Waals surface area contributed by atoms with Crippen LogP contribution in [0.2, 0.25) is 0 Å². The summed E-state index contributed by atoms with van der Waals surface area (Å²) in [6.07, 6.45) is 6.47. The van der Waals surface area contributed by atoms with Crippen molar-refractivity contribution in [2.24, 2.45) is 5.92 Å². The van der Waals surface area contributed by atoms with Gasteiger partial charge in [0, 0.05) is 38.3 Å². The minimum Gasteiger partial charge on any atom is -0.353 e. The van der Waals surface area contributed by atoms with Crippen molar-refractivity contribution in [1.29, 1.82) is 0 Å². The van der Waals surface area contributed by atoms with Gasteiger partial charge in [-0.15, -0.1) is 0 Å². The fourth-order valence-electron chi connectivity index (χ4n) is 3.86. The van der Waals surface area contributed by atoms with Crippen molar-refractivity contribution in [3.8, 4) is 0 Å². The quantitative estimate of drug-likeness (QED) is 0.850. The highest BCUT2D eigenvalue weighted by Gasteiger charge is 2.28. The van der Waals surface area contributed by atoms with E-state index in [0.29, 0.717) is 5.54 Å². The SMILES string of the molecule is Cc1cnc(N2CCN(CC3CCN(C(C)(C)C)CC3)CC2)cn1. The van der Waals surface area contributed by atoms with Crippen molar-refractivity contribution >= 4 is 5.82 Å². The lowest BCUT2D eigenvalue weighted by Crippen LogP contribution is -2.50. The van der Waals surface area contributed by atoms with Gasteiger partial charge in [-0.05, 0) is 59.5 Å². The van der Waals surface area contributed by atoms with E-state index in [1.807, 2.05) is 19.3 Å². The number of aromatic nitrogens is 2. The molecule has 0 bridgehead atoms. The molecule has 0 unspecified atom stereocenters. The molecule has 2 aliphatic heterocycles. The Morgan fingerprint density at radius 2 is 1.62 bits per heavy atom. The Morgan fingerprint density at radius 1 is 0.958 bits per heavy atom. The summed E-state index contributed by atoms with van der Waals surface area (Å²) in [6, 6.07) is 0. The van der Waals surface area contributed by atoms with Gasteiger partial charge in [0.15, 0.2) is 0 Å². The lowest BCUT2D eigenvalue weighted by molar-refractivity contribution is 0.0735. The zero-order chi connectivity index (χ0) is 17.2. The summed E-state index contributed by atoms with van der Waals surface area (Å²) in [5.74, 6) is 1.90. The molecular formula is C19H33N5. The molecule has 0 aliphatic carbocycles. The molecule has 134 valence electrons. The average molecular weight is 332 g/mol. The summed E-state index contributed by atoms with van der Waals surface area (Å²) < 4.78 is 0. The number of aryl methyl sites for hydroxylation is 1. The Bertz CT molecular complexity index is 506. The molecule has 0 N–H and O–H groups in total. The molecule has 3 heterocycles. The molecule has 0 saturated carbocycles. The predicted molar refractivity (Wildman–Crippen MR) is 99.5 cm³/mol. The minimum atomic E-state index is 0.325. The van der Waals surface area contributed by atoms with Gasteiger partial charge in [-0.1, -0.05) is 0 Å². The highest BCUT2D eigenvalue weighted by atomic mass is 15.3. The molecule has 5 nitrogen and oxygen atoms in total. The molecule has 3 rings (SSSR count). The number of likely N-dealkylation sites (tertiary alicyclic amines) is 1. The van der Waals surface area contributed by atoms with Crippen LogP contribution in [0.1, 0.15) is 39.3 Å². The summed E-state index contributed by atoms with van der Waals surface area (Å²) in [6.45, 7) is 17.2. The van der Waals surface area contributed by atoms with E-state index < -0.39 is 0 Å². The van der Waals surface area contributed by atoms with Gasteiger partial charge in [-0.2, -0.15) is 0 Å². The average Bonchev–Trinajstić information content (AvgIpc) is 2.56. The molecule has 2 fully saturated rings. The highest BCUT2D eigenvalue weighted by Crippen LogP contribution is 2.25. The maximum atomic E-state index is 4.51. The van der Waals surface area contributed by atoms with E-state index in [1.165, 1.54) is 32.5 Å². The van der Waals surface area contributed by atoms with Crippen LogP contribution in [0.4, 0.5) is 5.82 Å². The van der Waals surface area contributed by atoms with E-state index in [0.717, 1.165) is 43.6 Å². The normalized spacial score (nSPS) is 22.1. The summed E-state index contributed by atoms with van der Waals surface area (Å²) in [7, 11) is 0. The first-order chi connectivity index (χ1) is 11.4. The van der Waals surface area contributed by atoms with Crippen molar-refractivity contribution < 1.29 is 0 Å². The van der Waals surface area contributed by atoms with E-state index in [4.69, 9.17) is 0 Å². The van der Waals surface area contributed by atoms with E-state index in [-0.39, 0.29) is 0 Å². The zero-order valence-electron chi connectivity index (χ0n) is 15.8. The largest absolute Gasteiger partial charge is 0.353 e. The highest BCUT2D eigenvalue weighted by molar-refractivity contribution is 5.36. The van der Waals surface area contributed by atoms with Gasteiger partial charge in [0.05, 0.1) is 18.1 Å². The maximum Gasteiger partial charge on any atom is 0.147 e. The van der Waals surface area contributed by atoms with Gasteiger partial charge < -0.3 is 4.90 Å². The van der Waals surface area contributed by atoms with Gasteiger partial charge in [0.25, 0.3) is 0 Å². The third kappa shape index (κ3) is 4.45. The number of piperazine rings is 1. The molecule has 0 radical (unpaired) electrons. The first-order valence-corrected chi connectivity index (χ1v) is 9.43. The number of nitrogens with zero attached hydrogens (tertiary/aromatic N) is 5. The molecule has 2 aliphatic rings. The first-order valence-electron chi connectivity index (χ1n) is 9.43. The number of hydrogen-bond acceptors (Lipinski definition) is 5. The zero-order valence-corrected chi connectivity index (χ0v) is 15.8. The molecule has 0 aromatic carbocycles. The summed E-state index contributed by atoms with van der Waals surface area (Å²) >= 11 is 0.